The Bertz CT molecular complexity index is 647. The zero-order valence-electron chi connectivity index (χ0n) is 11.2. The molecule has 20 heavy (non-hydrogen) atoms. The molecule has 0 amide bonds. The van der Waals surface area contributed by atoms with Gasteiger partial charge in [-0.25, -0.2) is 4.98 Å². The van der Waals surface area contributed by atoms with E-state index in [1.807, 2.05) is 25.5 Å². The van der Waals surface area contributed by atoms with Crippen LogP contribution >= 0.6 is 15.9 Å². The monoisotopic (exact) mass is 334 g/mol. The lowest BCUT2D eigenvalue weighted by atomic mass is 10.1. The third-order valence-electron chi connectivity index (χ3n) is 3.45. The number of carbonyl (C=O) groups excluding carboxylic acids is 1. The summed E-state index contributed by atoms with van der Waals surface area (Å²) in [5.74, 6) is 0.645. The van der Waals surface area contributed by atoms with E-state index in [0.717, 1.165) is 22.0 Å². The molecule has 0 aliphatic heterocycles. The van der Waals surface area contributed by atoms with Gasteiger partial charge in [-0.15, -0.1) is 0 Å². The van der Waals surface area contributed by atoms with Gasteiger partial charge in [0.05, 0.1) is 23.8 Å². The number of nitrogens with zero attached hydrogens (tertiary/aromatic N) is 2. The number of carbonyl (C=O) groups is 1. The highest BCUT2D eigenvalue weighted by Crippen LogP contribution is 2.36. The molecule has 1 aliphatic rings. The number of aromatic nitrogens is 2. The number of halogens is 1. The Balaban J connectivity index is 1.81. The minimum absolute atomic E-state index is 0.430. The lowest BCUT2D eigenvalue weighted by molar-refractivity contribution is 0.111. The first-order chi connectivity index (χ1) is 9.69. The van der Waals surface area contributed by atoms with Gasteiger partial charge in [-0.2, -0.15) is 0 Å². The van der Waals surface area contributed by atoms with Crippen molar-refractivity contribution in [3.8, 4) is 5.75 Å². The second kappa shape index (κ2) is 5.40. The minimum Gasteiger partial charge on any atom is -0.486 e. The molecular weight excluding hydrogens is 320 g/mol. The molecule has 0 atom stereocenters. The highest BCUT2D eigenvalue weighted by atomic mass is 79.9. The Morgan fingerprint density at radius 2 is 2.30 bits per heavy atom. The van der Waals surface area contributed by atoms with E-state index < -0.39 is 0 Å². The smallest absolute Gasteiger partial charge is 0.153 e. The number of aldehydes is 1. The zero-order chi connectivity index (χ0) is 14.1. The Kier molecular flexibility index (Phi) is 3.61. The van der Waals surface area contributed by atoms with Crippen LogP contribution < -0.4 is 4.74 Å². The lowest BCUT2D eigenvalue weighted by Gasteiger charge is -2.13. The molecule has 0 bridgehead atoms. The van der Waals surface area contributed by atoms with Crippen LogP contribution in [-0.4, -0.2) is 15.8 Å². The molecule has 3 rings (SSSR count). The molecule has 1 heterocycles. The van der Waals surface area contributed by atoms with E-state index >= 15 is 0 Å². The van der Waals surface area contributed by atoms with Gasteiger partial charge in [0.25, 0.3) is 0 Å². The van der Waals surface area contributed by atoms with E-state index in [0.29, 0.717) is 24.0 Å². The third kappa shape index (κ3) is 2.63. The standard InChI is InChI=1S/C15H15BrN2O2/c1-10-4-12(16)5-11(7-19)15(10)20-8-14-6-17-9-18(14)13-2-3-13/h4-7,9,13H,2-3,8H2,1H3. The molecule has 0 radical (unpaired) electrons. The van der Waals surface area contributed by atoms with Crippen molar-refractivity contribution in [2.75, 3.05) is 0 Å². The molecule has 4 nitrogen and oxygen atoms in total. The van der Waals surface area contributed by atoms with Crippen LogP contribution in [0.15, 0.2) is 29.1 Å². The van der Waals surface area contributed by atoms with Crippen LogP contribution in [-0.2, 0) is 6.61 Å². The predicted molar refractivity (Wildman–Crippen MR) is 79.1 cm³/mol. The molecule has 0 saturated heterocycles. The fourth-order valence-corrected chi connectivity index (χ4v) is 2.90. The van der Waals surface area contributed by atoms with Crippen LogP contribution in [0.2, 0.25) is 0 Å². The molecule has 5 heteroatoms. The summed E-state index contributed by atoms with van der Waals surface area (Å²) in [6, 6.07) is 4.29. The maximum atomic E-state index is 11.2. The number of benzene rings is 1. The molecule has 1 fully saturated rings. The van der Waals surface area contributed by atoms with Gasteiger partial charge in [0.1, 0.15) is 12.4 Å². The van der Waals surface area contributed by atoms with Crippen LogP contribution in [0.5, 0.6) is 5.75 Å². The van der Waals surface area contributed by atoms with E-state index in [2.05, 4.69) is 25.5 Å². The van der Waals surface area contributed by atoms with Crippen LogP contribution in [0, 0.1) is 6.92 Å². The molecule has 2 aromatic rings. The summed E-state index contributed by atoms with van der Waals surface area (Å²) < 4.78 is 8.91. The van der Waals surface area contributed by atoms with Crippen molar-refractivity contribution >= 4 is 22.2 Å². The second-order valence-electron chi connectivity index (χ2n) is 5.07. The quantitative estimate of drug-likeness (QED) is 0.783. The summed E-state index contributed by atoms with van der Waals surface area (Å²) in [6.07, 6.45) is 6.92. The molecule has 1 aliphatic carbocycles. The van der Waals surface area contributed by atoms with Crippen molar-refractivity contribution in [3.63, 3.8) is 0 Å². The topological polar surface area (TPSA) is 44.1 Å². The molecule has 0 N–H and O–H groups in total. The number of hydrogen-bond donors (Lipinski definition) is 0. The Morgan fingerprint density at radius 3 is 3.00 bits per heavy atom. The fourth-order valence-electron chi connectivity index (χ4n) is 2.31. The van der Waals surface area contributed by atoms with Crippen molar-refractivity contribution in [3.05, 3.63) is 46.0 Å². The molecular formula is C15H15BrN2O2. The molecule has 104 valence electrons. The van der Waals surface area contributed by atoms with Crippen molar-refractivity contribution < 1.29 is 9.53 Å². The number of hydrogen-bond acceptors (Lipinski definition) is 3. The van der Waals surface area contributed by atoms with Gasteiger partial charge in [-0.05, 0) is 37.5 Å². The average Bonchev–Trinajstić information content (AvgIpc) is 3.16. The largest absolute Gasteiger partial charge is 0.486 e. The highest BCUT2D eigenvalue weighted by Gasteiger charge is 2.25. The molecule has 1 aromatic carbocycles. The molecule has 1 saturated carbocycles. The summed E-state index contributed by atoms with van der Waals surface area (Å²) in [5.41, 5.74) is 2.56. The lowest BCUT2D eigenvalue weighted by Crippen LogP contribution is -2.05. The summed E-state index contributed by atoms with van der Waals surface area (Å²) in [5, 5.41) is 0. The number of ether oxygens (including phenoxy) is 1. The van der Waals surface area contributed by atoms with E-state index in [4.69, 9.17) is 4.74 Å². The molecule has 1 aromatic heterocycles. The van der Waals surface area contributed by atoms with E-state index in [9.17, 15) is 4.79 Å². The van der Waals surface area contributed by atoms with Crippen LogP contribution in [0.25, 0.3) is 0 Å². The van der Waals surface area contributed by atoms with Gasteiger partial charge in [0.2, 0.25) is 0 Å². The van der Waals surface area contributed by atoms with Crippen LogP contribution in [0.3, 0.4) is 0 Å². The van der Waals surface area contributed by atoms with Gasteiger partial charge < -0.3 is 9.30 Å². The van der Waals surface area contributed by atoms with Crippen LogP contribution in [0.4, 0.5) is 0 Å². The Labute approximate surface area is 125 Å². The van der Waals surface area contributed by atoms with Crippen molar-refractivity contribution in [1.82, 2.24) is 9.55 Å². The number of aryl methyl sites for hydroxylation is 1. The van der Waals surface area contributed by atoms with Crippen molar-refractivity contribution in [1.29, 1.82) is 0 Å². The van der Waals surface area contributed by atoms with Gasteiger partial charge >= 0.3 is 0 Å². The van der Waals surface area contributed by atoms with E-state index in [1.54, 1.807) is 6.07 Å². The van der Waals surface area contributed by atoms with Gasteiger partial charge in [-0.1, -0.05) is 15.9 Å². The van der Waals surface area contributed by atoms with Crippen LogP contribution in [0.1, 0.15) is 40.5 Å². The Morgan fingerprint density at radius 1 is 1.50 bits per heavy atom. The third-order valence-corrected chi connectivity index (χ3v) is 3.90. The second-order valence-corrected chi connectivity index (χ2v) is 5.99. The average molecular weight is 335 g/mol. The van der Waals surface area contributed by atoms with Gasteiger partial charge in [0.15, 0.2) is 6.29 Å². The van der Waals surface area contributed by atoms with Crippen molar-refractivity contribution in [2.24, 2.45) is 0 Å². The maximum absolute atomic E-state index is 11.2. The fraction of sp³-hybridized carbons (Fsp3) is 0.333. The first-order valence-corrected chi connectivity index (χ1v) is 7.37. The summed E-state index contributed by atoms with van der Waals surface area (Å²) in [6.45, 7) is 2.37. The molecule has 0 unspecified atom stereocenters. The Hall–Kier alpha value is -1.62. The summed E-state index contributed by atoms with van der Waals surface area (Å²) >= 11 is 3.39. The van der Waals surface area contributed by atoms with E-state index in [-0.39, 0.29) is 0 Å². The van der Waals surface area contributed by atoms with E-state index in [1.165, 1.54) is 12.8 Å². The zero-order valence-corrected chi connectivity index (χ0v) is 12.8. The normalized spacial score (nSPS) is 14.3. The number of rotatable bonds is 5. The SMILES string of the molecule is Cc1cc(Br)cc(C=O)c1OCc1cncn1C1CC1. The van der Waals surface area contributed by atoms with Crippen molar-refractivity contribution in [2.45, 2.75) is 32.4 Å². The number of imidazole rings is 1. The summed E-state index contributed by atoms with van der Waals surface area (Å²) in [7, 11) is 0. The highest BCUT2D eigenvalue weighted by molar-refractivity contribution is 9.10. The minimum atomic E-state index is 0.430. The predicted octanol–water partition coefficient (Wildman–Crippen LogP) is 3.68. The van der Waals surface area contributed by atoms with Gasteiger partial charge in [0, 0.05) is 10.5 Å². The molecule has 0 spiro atoms. The summed E-state index contributed by atoms with van der Waals surface area (Å²) in [4.78, 5) is 15.3. The first kappa shape index (κ1) is 13.4. The van der Waals surface area contributed by atoms with Gasteiger partial charge in [-0.3, -0.25) is 4.79 Å². The first-order valence-electron chi connectivity index (χ1n) is 6.58. The maximum Gasteiger partial charge on any atom is 0.153 e.